The fourth-order valence-corrected chi connectivity index (χ4v) is 2.99. The second-order valence-corrected chi connectivity index (χ2v) is 6.42. The Balaban J connectivity index is 1.51. The lowest BCUT2D eigenvalue weighted by molar-refractivity contribution is -0.00118. The van der Waals surface area contributed by atoms with E-state index in [1.54, 1.807) is 22.9 Å². The van der Waals surface area contributed by atoms with Gasteiger partial charge in [-0.2, -0.15) is 5.10 Å². The average molecular weight is 372 g/mol. The number of benzene rings is 2. The van der Waals surface area contributed by atoms with Crippen molar-refractivity contribution in [1.29, 1.82) is 0 Å². The number of amides is 1. The van der Waals surface area contributed by atoms with Crippen LogP contribution in [0.5, 0.6) is 0 Å². The number of fused-ring (bicyclic) bond motifs is 1. The van der Waals surface area contributed by atoms with E-state index in [4.69, 9.17) is 16.3 Å². The molecule has 1 aliphatic rings. The summed E-state index contributed by atoms with van der Waals surface area (Å²) in [5.41, 5.74) is 2.14. The highest BCUT2D eigenvalue weighted by atomic mass is 35.5. The van der Waals surface area contributed by atoms with Gasteiger partial charge in [-0.05, 0) is 35.9 Å². The topological polar surface area (TPSA) is 56.2 Å². The molecule has 1 N–H and O–H groups in total. The summed E-state index contributed by atoms with van der Waals surface area (Å²) in [7, 11) is 0. The zero-order valence-electron chi connectivity index (χ0n) is 13.7. The largest absolute Gasteiger partial charge is 0.365 e. The Morgan fingerprint density at radius 2 is 2.00 bits per heavy atom. The van der Waals surface area contributed by atoms with Gasteiger partial charge in [-0.15, -0.1) is 0 Å². The Hall–Kier alpha value is -2.70. The van der Waals surface area contributed by atoms with E-state index in [1.807, 2.05) is 24.3 Å². The van der Waals surface area contributed by atoms with E-state index >= 15 is 0 Å². The maximum atomic E-state index is 13.7. The minimum absolute atomic E-state index is 0.124. The van der Waals surface area contributed by atoms with Crippen molar-refractivity contribution in [3.8, 4) is 0 Å². The van der Waals surface area contributed by atoms with Crippen LogP contribution in [0.15, 0.2) is 54.6 Å². The summed E-state index contributed by atoms with van der Waals surface area (Å²) in [6.07, 6.45) is -0.165. The molecule has 1 unspecified atom stereocenters. The van der Waals surface area contributed by atoms with Crippen molar-refractivity contribution < 1.29 is 13.9 Å². The number of halogens is 2. The van der Waals surface area contributed by atoms with Crippen LogP contribution in [0.3, 0.4) is 0 Å². The zero-order valence-corrected chi connectivity index (χ0v) is 14.4. The Labute approximate surface area is 154 Å². The second-order valence-electron chi connectivity index (χ2n) is 5.99. The number of anilines is 1. The highest BCUT2D eigenvalue weighted by Gasteiger charge is 2.24. The molecule has 0 aliphatic carbocycles. The van der Waals surface area contributed by atoms with Gasteiger partial charge in [0.1, 0.15) is 11.9 Å². The zero-order chi connectivity index (χ0) is 18.1. The first kappa shape index (κ1) is 16.8. The maximum Gasteiger partial charge on any atom is 0.276 e. The van der Waals surface area contributed by atoms with Gasteiger partial charge < -0.3 is 10.1 Å². The molecule has 1 amide bonds. The van der Waals surface area contributed by atoms with Gasteiger partial charge in [-0.1, -0.05) is 35.9 Å². The fraction of sp³-hybridized carbons (Fsp3) is 0.158. The molecular weight excluding hydrogens is 357 g/mol. The van der Waals surface area contributed by atoms with E-state index in [0.29, 0.717) is 18.2 Å². The van der Waals surface area contributed by atoms with Crippen LogP contribution in [-0.4, -0.2) is 15.7 Å². The second kappa shape index (κ2) is 6.90. The molecule has 0 saturated carbocycles. The van der Waals surface area contributed by atoms with Crippen LogP contribution in [0.25, 0.3) is 0 Å². The normalized spacial score (nSPS) is 16.2. The number of nitrogens with one attached hydrogen (secondary N) is 1. The molecule has 0 bridgehead atoms. The lowest BCUT2D eigenvalue weighted by Gasteiger charge is -2.24. The van der Waals surface area contributed by atoms with Crippen LogP contribution in [-0.2, 0) is 17.9 Å². The molecule has 0 radical (unpaired) electrons. The van der Waals surface area contributed by atoms with Crippen molar-refractivity contribution in [2.75, 3.05) is 5.32 Å². The van der Waals surface area contributed by atoms with Crippen molar-refractivity contribution in [2.24, 2.45) is 0 Å². The first-order chi connectivity index (χ1) is 12.6. The molecule has 7 heteroatoms. The molecule has 26 heavy (non-hydrogen) atoms. The Morgan fingerprint density at radius 3 is 2.77 bits per heavy atom. The molecular formula is C19H15ClFN3O2. The van der Waals surface area contributed by atoms with E-state index in [9.17, 15) is 9.18 Å². The Morgan fingerprint density at radius 1 is 1.23 bits per heavy atom. The molecule has 0 saturated heterocycles. The van der Waals surface area contributed by atoms with Crippen molar-refractivity contribution in [1.82, 2.24) is 9.78 Å². The third-order valence-corrected chi connectivity index (χ3v) is 4.48. The smallest absolute Gasteiger partial charge is 0.276 e. The number of carbonyl (C=O) groups is 1. The molecule has 5 nitrogen and oxygen atoms in total. The van der Waals surface area contributed by atoms with Crippen LogP contribution >= 0.6 is 11.6 Å². The summed E-state index contributed by atoms with van der Waals surface area (Å²) < 4.78 is 21.3. The Bertz CT molecular complexity index is 956. The predicted octanol–water partition coefficient (Wildman–Crippen LogP) is 4.20. The fourth-order valence-electron chi connectivity index (χ4n) is 2.86. The van der Waals surface area contributed by atoms with Crippen LogP contribution in [0.2, 0.25) is 5.02 Å². The summed E-state index contributed by atoms with van der Waals surface area (Å²) >= 11 is 5.92. The third-order valence-electron chi connectivity index (χ3n) is 4.23. The molecule has 1 atom stereocenters. The monoisotopic (exact) mass is 371 g/mol. The SMILES string of the molecule is O=C(Nc1ccccc1F)c1cc2n(n1)CC(c1ccc(Cl)cc1)OC2. The van der Waals surface area contributed by atoms with E-state index in [-0.39, 0.29) is 17.5 Å². The van der Waals surface area contributed by atoms with Crippen LogP contribution in [0, 0.1) is 5.82 Å². The van der Waals surface area contributed by atoms with Crippen LogP contribution < -0.4 is 5.32 Å². The number of rotatable bonds is 3. The van der Waals surface area contributed by atoms with Gasteiger partial charge in [-0.3, -0.25) is 9.48 Å². The summed E-state index contributed by atoms with van der Waals surface area (Å²) in [6.45, 7) is 0.831. The first-order valence-electron chi connectivity index (χ1n) is 8.10. The number of aromatic nitrogens is 2. The number of hydrogen-bond donors (Lipinski definition) is 1. The van der Waals surface area contributed by atoms with Gasteiger partial charge in [0.05, 0.1) is 24.5 Å². The molecule has 132 valence electrons. The van der Waals surface area contributed by atoms with Gasteiger partial charge in [0.15, 0.2) is 5.69 Å². The first-order valence-corrected chi connectivity index (χ1v) is 8.47. The van der Waals surface area contributed by atoms with Crippen molar-refractivity contribution in [3.63, 3.8) is 0 Å². The lowest BCUT2D eigenvalue weighted by Crippen LogP contribution is -2.22. The Kier molecular flexibility index (Phi) is 4.44. The molecule has 2 aromatic carbocycles. The minimum atomic E-state index is -0.490. The van der Waals surface area contributed by atoms with Gasteiger partial charge in [0.25, 0.3) is 5.91 Å². The van der Waals surface area contributed by atoms with Crippen LogP contribution in [0.1, 0.15) is 27.8 Å². The van der Waals surface area contributed by atoms with Crippen molar-refractivity contribution >= 4 is 23.2 Å². The van der Waals surface area contributed by atoms with Gasteiger partial charge in [0, 0.05) is 5.02 Å². The highest BCUT2D eigenvalue weighted by Crippen LogP contribution is 2.27. The molecule has 1 aliphatic heterocycles. The average Bonchev–Trinajstić information content (AvgIpc) is 3.07. The number of para-hydroxylation sites is 1. The van der Waals surface area contributed by atoms with Gasteiger partial charge in [-0.25, -0.2) is 4.39 Å². The predicted molar refractivity (Wildman–Crippen MR) is 95.6 cm³/mol. The molecule has 3 aromatic rings. The molecule has 1 aromatic heterocycles. The summed E-state index contributed by atoms with van der Waals surface area (Å²) in [5, 5.41) is 7.55. The van der Waals surface area contributed by atoms with E-state index in [1.165, 1.54) is 12.1 Å². The lowest BCUT2D eigenvalue weighted by atomic mass is 10.1. The third kappa shape index (κ3) is 3.34. The maximum absolute atomic E-state index is 13.7. The standard InChI is InChI=1S/C19H15ClFN3O2/c20-13-7-5-12(6-8-13)18-10-24-14(11-26-18)9-17(23-24)19(25)22-16-4-2-1-3-15(16)21/h1-9,18H,10-11H2,(H,22,25). The van der Waals surface area contributed by atoms with E-state index in [2.05, 4.69) is 10.4 Å². The quantitative estimate of drug-likeness (QED) is 0.750. The molecule has 0 spiro atoms. The van der Waals surface area contributed by atoms with E-state index < -0.39 is 11.7 Å². The number of carbonyl (C=O) groups excluding carboxylic acids is 1. The van der Waals surface area contributed by atoms with Crippen molar-refractivity contribution in [3.05, 3.63) is 82.4 Å². The summed E-state index contributed by atoms with van der Waals surface area (Å²) in [6, 6.07) is 15.1. The number of hydrogen-bond acceptors (Lipinski definition) is 3. The van der Waals surface area contributed by atoms with Gasteiger partial charge >= 0.3 is 0 Å². The number of nitrogens with zero attached hydrogens (tertiary/aromatic N) is 2. The molecule has 4 rings (SSSR count). The summed E-state index contributed by atoms with van der Waals surface area (Å²) in [5.74, 6) is -0.948. The van der Waals surface area contributed by atoms with Crippen LogP contribution in [0.4, 0.5) is 10.1 Å². The molecule has 0 fully saturated rings. The van der Waals surface area contributed by atoms with Crippen molar-refractivity contribution in [2.45, 2.75) is 19.3 Å². The minimum Gasteiger partial charge on any atom is -0.365 e. The van der Waals surface area contributed by atoms with Gasteiger partial charge in [0.2, 0.25) is 0 Å². The van der Waals surface area contributed by atoms with E-state index in [0.717, 1.165) is 11.3 Å². The number of ether oxygens (including phenoxy) is 1. The highest BCUT2D eigenvalue weighted by molar-refractivity contribution is 6.30. The summed E-state index contributed by atoms with van der Waals surface area (Å²) in [4.78, 5) is 12.4. The molecule has 2 heterocycles.